The topological polar surface area (TPSA) is 22.1 Å². The van der Waals surface area contributed by atoms with Crippen LogP contribution >= 0.6 is 11.6 Å². The van der Waals surface area contributed by atoms with Crippen molar-refractivity contribution < 1.29 is 4.74 Å². The molecule has 0 aliphatic carbocycles. The maximum Gasteiger partial charge on any atom is 0.140 e. The summed E-state index contributed by atoms with van der Waals surface area (Å²) >= 11 is 5.58. The van der Waals surface area contributed by atoms with E-state index in [1.54, 1.807) is 12.3 Å². The molecule has 0 amide bonds. The Bertz CT molecular complexity index is 227. The van der Waals surface area contributed by atoms with Crippen LogP contribution in [0.3, 0.4) is 0 Å². The third kappa shape index (κ3) is 2.76. The summed E-state index contributed by atoms with van der Waals surface area (Å²) < 4.78 is 5.26. The fraction of sp³-hybridized carbons (Fsp3) is 0.375. The summed E-state index contributed by atoms with van der Waals surface area (Å²) in [5.41, 5.74) is 0. The molecule has 11 heavy (non-hydrogen) atoms. The van der Waals surface area contributed by atoms with Crippen LogP contribution in [-0.4, -0.2) is 11.6 Å². The fourth-order valence-electron chi connectivity index (χ4n) is 0.642. The average molecular weight is 171 g/mol. The van der Waals surface area contributed by atoms with Gasteiger partial charge in [-0.3, -0.25) is 0 Å². The minimum absolute atomic E-state index is 0.346. The Morgan fingerprint density at radius 3 is 3.18 bits per heavy atom. The van der Waals surface area contributed by atoms with E-state index in [0.717, 1.165) is 6.42 Å². The van der Waals surface area contributed by atoms with Crippen molar-refractivity contribution in [3.8, 4) is 5.75 Å². The number of rotatable bonds is 3. The first kappa shape index (κ1) is 8.34. The Labute approximate surface area is 71.2 Å². The van der Waals surface area contributed by atoms with Crippen molar-refractivity contribution in [2.45, 2.75) is 13.3 Å². The van der Waals surface area contributed by atoms with Gasteiger partial charge in [-0.25, -0.2) is 4.98 Å². The van der Waals surface area contributed by atoms with Gasteiger partial charge in [-0.2, -0.15) is 0 Å². The van der Waals surface area contributed by atoms with E-state index in [9.17, 15) is 0 Å². The molecule has 2 nitrogen and oxygen atoms in total. The lowest BCUT2D eigenvalue weighted by Crippen LogP contribution is -1.94. The number of ether oxygens (including phenoxy) is 1. The zero-order valence-corrected chi connectivity index (χ0v) is 7.06. The van der Waals surface area contributed by atoms with Crippen LogP contribution in [-0.2, 0) is 0 Å². The number of halogens is 1. The van der Waals surface area contributed by atoms with E-state index in [-0.39, 0.29) is 0 Å². The number of hydrogen-bond donors (Lipinski definition) is 0. The smallest absolute Gasteiger partial charge is 0.140 e. The van der Waals surface area contributed by atoms with E-state index < -0.39 is 0 Å². The van der Waals surface area contributed by atoms with Crippen LogP contribution in [0.4, 0.5) is 0 Å². The van der Waals surface area contributed by atoms with E-state index in [4.69, 9.17) is 16.3 Å². The van der Waals surface area contributed by atoms with Crippen molar-refractivity contribution in [2.24, 2.45) is 0 Å². The second-order valence-corrected chi connectivity index (χ2v) is 2.43. The molecule has 0 saturated heterocycles. The molecule has 1 aromatic heterocycles. The predicted molar refractivity (Wildman–Crippen MR) is 43.9 cm³/mol. The fourth-order valence-corrected chi connectivity index (χ4v) is 0.792. The molecular formula is C8H9ClNO. The van der Waals surface area contributed by atoms with Gasteiger partial charge in [0, 0.05) is 6.20 Å². The van der Waals surface area contributed by atoms with Gasteiger partial charge in [0.2, 0.25) is 0 Å². The molecule has 1 aromatic rings. The lowest BCUT2D eigenvalue weighted by molar-refractivity contribution is 0.316. The van der Waals surface area contributed by atoms with E-state index in [2.05, 4.69) is 11.1 Å². The Morgan fingerprint density at radius 2 is 2.55 bits per heavy atom. The van der Waals surface area contributed by atoms with Crippen LogP contribution in [0.2, 0.25) is 5.15 Å². The second-order valence-electron chi connectivity index (χ2n) is 2.07. The minimum Gasteiger partial charge on any atom is -0.493 e. The number of hydrogen-bond acceptors (Lipinski definition) is 2. The summed E-state index contributed by atoms with van der Waals surface area (Å²) in [7, 11) is 0. The molecule has 1 radical (unpaired) electrons. The van der Waals surface area contributed by atoms with Gasteiger partial charge in [-0.05, 0) is 12.5 Å². The van der Waals surface area contributed by atoms with Crippen molar-refractivity contribution in [1.29, 1.82) is 0 Å². The van der Waals surface area contributed by atoms with Gasteiger partial charge in [0.25, 0.3) is 0 Å². The number of aromatic nitrogens is 1. The maximum atomic E-state index is 5.58. The minimum atomic E-state index is 0.346. The molecule has 0 aromatic carbocycles. The van der Waals surface area contributed by atoms with Gasteiger partial charge < -0.3 is 4.74 Å². The molecule has 0 fully saturated rings. The highest BCUT2D eigenvalue weighted by molar-refractivity contribution is 6.29. The van der Waals surface area contributed by atoms with Crippen LogP contribution in [0.15, 0.2) is 12.3 Å². The van der Waals surface area contributed by atoms with Crippen molar-refractivity contribution in [3.63, 3.8) is 0 Å². The highest BCUT2D eigenvalue weighted by Crippen LogP contribution is 2.12. The molecule has 0 unspecified atom stereocenters. The molecular weight excluding hydrogens is 162 g/mol. The Balaban J connectivity index is 2.56. The molecule has 0 bridgehead atoms. The van der Waals surface area contributed by atoms with Gasteiger partial charge in [0.05, 0.1) is 12.7 Å². The predicted octanol–water partition coefficient (Wildman–Crippen LogP) is 2.32. The lowest BCUT2D eigenvalue weighted by Gasteiger charge is -2.02. The van der Waals surface area contributed by atoms with E-state index in [0.29, 0.717) is 17.5 Å². The largest absolute Gasteiger partial charge is 0.493 e. The molecule has 0 N–H and O–H groups in total. The van der Waals surface area contributed by atoms with Gasteiger partial charge >= 0.3 is 0 Å². The van der Waals surface area contributed by atoms with Gasteiger partial charge in [-0.15, -0.1) is 0 Å². The van der Waals surface area contributed by atoms with Crippen molar-refractivity contribution in [1.82, 2.24) is 4.98 Å². The summed E-state index contributed by atoms with van der Waals surface area (Å²) in [6.45, 7) is 2.74. The van der Waals surface area contributed by atoms with Crippen LogP contribution in [0.1, 0.15) is 13.3 Å². The quantitative estimate of drug-likeness (QED) is 0.650. The summed E-state index contributed by atoms with van der Waals surface area (Å²) in [5, 5.41) is 0.346. The molecule has 0 spiro atoms. The SMILES string of the molecule is CCCOc1[c]c(Cl)ncc1. The zero-order valence-electron chi connectivity index (χ0n) is 6.30. The maximum absolute atomic E-state index is 5.58. The highest BCUT2D eigenvalue weighted by atomic mass is 35.5. The lowest BCUT2D eigenvalue weighted by atomic mass is 10.4. The summed E-state index contributed by atoms with van der Waals surface area (Å²) in [6, 6.07) is 4.51. The van der Waals surface area contributed by atoms with E-state index >= 15 is 0 Å². The summed E-state index contributed by atoms with van der Waals surface area (Å²) in [6.07, 6.45) is 2.58. The molecule has 1 heterocycles. The van der Waals surface area contributed by atoms with Gasteiger partial charge in [-0.1, -0.05) is 18.5 Å². The number of nitrogens with zero attached hydrogens (tertiary/aromatic N) is 1. The van der Waals surface area contributed by atoms with E-state index in [1.165, 1.54) is 0 Å². The third-order valence-corrected chi connectivity index (χ3v) is 1.29. The Kier molecular flexibility index (Phi) is 3.17. The molecule has 0 aliphatic heterocycles. The van der Waals surface area contributed by atoms with Gasteiger partial charge in [0.1, 0.15) is 10.9 Å². The molecule has 59 valence electrons. The van der Waals surface area contributed by atoms with E-state index in [1.807, 2.05) is 6.92 Å². The summed E-state index contributed by atoms with van der Waals surface area (Å²) in [4.78, 5) is 3.78. The zero-order chi connectivity index (χ0) is 8.10. The monoisotopic (exact) mass is 170 g/mol. The molecule has 0 aliphatic rings. The first-order valence-corrected chi connectivity index (χ1v) is 3.87. The van der Waals surface area contributed by atoms with Crippen LogP contribution < -0.4 is 4.74 Å². The summed E-state index contributed by atoms with van der Waals surface area (Å²) in [5.74, 6) is 0.659. The first-order valence-electron chi connectivity index (χ1n) is 3.49. The van der Waals surface area contributed by atoms with Crippen molar-refractivity contribution >= 4 is 11.6 Å². The van der Waals surface area contributed by atoms with Crippen LogP contribution in [0.5, 0.6) is 5.75 Å². The third-order valence-electron chi connectivity index (χ3n) is 1.10. The standard InChI is InChI=1S/C8H9ClNO/c1-2-5-11-7-3-4-10-8(9)6-7/h3-4H,2,5H2,1H3. The van der Waals surface area contributed by atoms with Crippen LogP contribution in [0, 0.1) is 6.07 Å². The average Bonchev–Trinajstić information content (AvgIpc) is 2.01. The Hall–Kier alpha value is -0.760. The first-order chi connectivity index (χ1) is 5.33. The normalized spacial score (nSPS) is 9.64. The molecule has 1 rings (SSSR count). The number of pyridine rings is 1. The highest BCUT2D eigenvalue weighted by Gasteiger charge is 1.94. The van der Waals surface area contributed by atoms with Crippen molar-refractivity contribution in [3.05, 3.63) is 23.5 Å². The molecule has 0 saturated carbocycles. The molecule has 3 heteroatoms. The Morgan fingerprint density at radius 1 is 1.73 bits per heavy atom. The van der Waals surface area contributed by atoms with Crippen molar-refractivity contribution in [2.75, 3.05) is 6.61 Å². The van der Waals surface area contributed by atoms with Gasteiger partial charge in [0.15, 0.2) is 0 Å². The second kappa shape index (κ2) is 4.19. The molecule has 0 atom stereocenters. The van der Waals surface area contributed by atoms with Crippen LogP contribution in [0.25, 0.3) is 0 Å².